The third-order valence-electron chi connectivity index (χ3n) is 5.45. The number of fused-ring (bicyclic) bond motifs is 2. The number of nitrogens with zero attached hydrogens (tertiary/aromatic N) is 6. The maximum absolute atomic E-state index is 12.4. The van der Waals surface area contributed by atoms with Gasteiger partial charge in [0.1, 0.15) is 6.33 Å². The fourth-order valence-electron chi connectivity index (χ4n) is 3.67. The highest BCUT2D eigenvalue weighted by Crippen LogP contribution is 2.44. The number of sulfonamides is 1. The molecule has 0 radical (unpaired) electrons. The third kappa shape index (κ3) is 5.10. The van der Waals surface area contributed by atoms with E-state index in [0.29, 0.717) is 53.0 Å². The fraction of sp³-hybridized carbons (Fsp3) is 0.364. The maximum Gasteiger partial charge on any atom is 0.231 e. The summed E-state index contributed by atoms with van der Waals surface area (Å²) in [6, 6.07) is 5.54. The molecule has 4 heterocycles. The van der Waals surface area contributed by atoms with Crippen molar-refractivity contribution in [3.8, 4) is 22.8 Å². The van der Waals surface area contributed by atoms with Crippen LogP contribution in [0, 0.1) is 5.92 Å². The Kier molecular flexibility index (Phi) is 6.73. The van der Waals surface area contributed by atoms with Crippen molar-refractivity contribution in [2.24, 2.45) is 5.92 Å². The summed E-state index contributed by atoms with van der Waals surface area (Å²) in [5.41, 5.74) is 8.56. The Morgan fingerprint density at radius 2 is 2.06 bits per heavy atom. The number of aromatic nitrogens is 6. The van der Waals surface area contributed by atoms with E-state index in [1.54, 1.807) is 6.20 Å². The monoisotopic (exact) mass is 529 g/mol. The average molecular weight is 530 g/mol. The fourth-order valence-corrected chi connectivity index (χ4v) is 5.98. The zero-order valence-electron chi connectivity index (χ0n) is 19.7. The van der Waals surface area contributed by atoms with Crippen LogP contribution in [0.1, 0.15) is 20.3 Å². The Balaban J connectivity index is 1.48. The second-order valence-corrected chi connectivity index (χ2v) is 11.5. The van der Waals surface area contributed by atoms with Gasteiger partial charge in [0.05, 0.1) is 5.75 Å². The molecule has 0 saturated heterocycles. The van der Waals surface area contributed by atoms with Crippen LogP contribution in [0.5, 0.6) is 11.5 Å². The number of hydrogen-bond acceptors (Lipinski definition) is 10. The molecule has 0 amide bonds. The summed E-state index contributed by atoms with van der Waals surface area (Å²) in [6.45, 7) is 4.82. The molecule has 0 saturated carbocycles. The van der Waals surface area contributed by atoms with Crippen LogP contribution >= 0.6 is 11.8 Å². The number of anilines is 1. The highest BCUT2D eigenvalue weighted by molar-refractivity contribution is 7.99. The van der Waals surface area contributed by atoms with Gasteiger partial charge >= 0.3 is 0 Å². The number of hydrogen-bond donors (Lipinski definition) is 2. The molecule has 0 atom stereocenters. The summed E-state index contributed by atoms with van der Waals surface area (Å²) in [5.74, 6) is 1.69. The van der Waals surface area contributed by atoms with E-state index in [2.05, 4.69) is 24.9 Å². The number of imidazole rings is 1. The van der Waals surface area contributed by atoms with Gasteiger partial charge in [-0.3, -0.25) is 0 Å². The van der Waals surface area contributed by atoms with Crippen LogP contribution in [0.15, 0.2) is 40.8 Å². The second kappa shape index (κ2) is 9.95. The Morgan fingerprint density at radius 3 is 2.81 bits per heavy atom. The van der Waals surface area contributed by atoms with E-state index >= 15 is 0 Å². The molecule has 3 aromatic heterocycles. The SMILES string of the molecule is CC(C)CNS(=O)(=O)CCCn1c(Sc2cc3c(cc2-c2cc[n-]n2)OCO3)nc2c(N)ncnc21. The van der Waals surface area contributed by atoms with Crippen LogP contribution in [0.4, 0.5) is 5.82 Å². The third-order valence-corrected chi connectivity index (χ3v) is 7.93. The zero-order valence-corrected chi connectivity index (χ0v) is 21.3. The summed E-state index contributed by atoms with van der Waals surface area (Å²) in [5, 5.41) is 8.73. The smallest absolute Gasteiger partial charge is 0.231 e. The van der Waals surface area contributed by atoms with Gasteiger partial charge < -0.3 is 30.0 Å². The van der Waals surface area contributed by atoms with Crippen LogP contribution in [0.2, 0.25) is 0 Å². The van der Waals surface area contributed by atoms with Crippen LogP contribution in [0.25, 0.3) is 22.4 Å². The van der Waals surface area contributed by atoms with Crippen molar-refractivity contribution < 1.29 is 17.9 Å². The molecule has 12 nitrogen and oxygen atoms in total. The standard InChI is InChI=1S/C22H25N8O4S2/c1-13(2)10-27-36(31,32)7-3-6-30-21-19(20(23)24-11-25-21)28-22(30)35-18-9-17-16(33-12-34-17)8-14(18)15-4-5-26-29-15/h4-5,8-9,11,13,27H,3,6-7,10,12H2,1-2H3,(H2-,23,24,25,26,29)/q-1. The summed E-state index contributed by atoms with van der Waals surface area (Å²) >= 11 is 1.37. The van der Waals surface area contributed by atoms with Gasteiger partial charge in [-0.25, -0.2) is 28.1 Å². The predicted octanol–water partition coefficient (Wildman–Crippen LogP) is 2.27. The maximum atomic E-state index is 12.4. The molecule has 0 fully saturated rings. The highest BCUT2D eigenvalue weighted by atomic mass is 32.2. The molecule has 0 unspecified atom stereocenters. The molecule has 5 rings (SSSR count). The van der Waals surface area contributed by atoms with Gasteiger partial charge in [0, 0.05) is 29.2 Å². The van der Waals surface area contributed by atoms with Crippen molar-refractivity contribution in [1.82, 2.24) is 34.4 Å². The van der Waals surface area contributed by atoms with Crippen LogP contribution in [-0.2, 0) is 16.6 Å². The molecule has 1 aliphatic heterocycles. The van der Waals surface area contributed by atoms with E-state index in [4.69, 9.17) is 20.2 Å². The van der Waals surface area contributed by atoms with Crippen molar-refractivity contribution in [2.45, 2.75) is 36.9 Å². The quantitative estimate of drug-likeness (QED) is 0.310. The van der Waals surface area contributed by atoms with E-state index < -0.39 is 10.0 Å². The van der Waals surface area contributed by atoms with Gasteiger partial charge in [-0.15, -0.1) is 0 Å². The topological polar surface area (TPSA) is 161 Å². The Labute approximate surface area is 212 Å². The molecular weight excluding hydrogens is 504 g/mol. The number of benzene rings is 1. The largest absolute Gasteiger partial charge is 0.581 e. The molecule has 1 aliphatic rings. The predicted molar refractivity (Wildman–Crippen MR) is 134 cm³/mol. The molecule has 1 aromatic carbocycles. The Morgan fingerprint density at radius 1 is 1.25 bits per heavy atom. The lowest BCUT2D eigenvalue weighted by Gasteiger charge is -2.12. The lowest BCUT2D eigenvalue weighted by Crippen LogP contribution is -2.30. The number of aryl methyl sites for hydroxylation is 1. The van der Waals surface area contributed by atoms with Gasteiger partial charge in [-0.1, -0.05) is 31.7 Å². The van der Waals surface area contributed by atoms with E-state index in [1.807, 2.05) is 36.6 Å². The number of nitrogens with one attached hydrogen (secondary N) is 1. The summed E-state index contributed by atoms with van der Waals surface area (Å²) in [4.78, 5) is 13.9. The van der Waals surface area contributed by atoms with E-state index in [9.17, 15) is 8.42 Å². The minimum atomic E-state index is -3.40. The first-order valence-corrected chi connectivity index (χ1v) is 13.8. The van der Waals surface area contributed by atoms with Crippen molar-refractivity contribution in [3.05, 3.63) is 30.7 Å². The van der Waals surface area contributed by atoms with Gasteiger partial charge in [-0.05, 0) is 24.5 Å². The molecule has 0 bridgehead atoms. The number of nitrogen functional groups attached to an aromatic ring is 1. The molecule has 0 spiro atoms. The summed E-state index contributed by atoms with van der Waals surface area (Å²) in [7, 11) is -3.40. The van der Waals surface area contributed by atoms with Crippen molar-refractivity contribution >= 4 is 38.8 Å². The number of ether oxygens (including phenoxy) is 2. The van der Waals surface area contributed by atoms with Crippen LogP contribution in [-0.4, -0.2) is 52.1 Å². The van der Waals surface area contributed by atoms with E-state index in [-0.39, 0.29) is 24.3 Å². The molecule has 190 valence electrons. The van der Waals surface area contributed by atoms with Crippen LogP contribution in [0.3, 0.4) is 0 Å². The first kappa shape index (κ1) is 24.3. The van der Waals surface area contributed by atoms with Crippen LogP contribution < -0.4 is 25.0 Å². The molecular formula is C22H25N8O4S2-. The lowest BCUT2D eigenvalue weighted by atomic mass is 10.1. The second-order valence-electron chi connectivity index (χ2n) is 8.61. The van der Waals surface area contributed by atoms with Gasteiger partial charge in [0.25, 0.3) is 0 Å². The molecule has 4 aromatic rings. The van der Waals surface area contributed by atoms with Gasteiger partial charge in [-0.2, -0.15) is 6.20 Å². The molecule has 0 aliphatic carbocycles. The first-order valence-electron chi connectivity index (χ1n) is 11.3. The number of rotatable bonds is 10. The Hall–Kier alpha value is -3.36. The Bertz CT molecular complexity index is 1490. The van der Waals surface area contributed by atoms with Gasteiger partial charge in [0.15, 0.2) is 33.6 Å². The molecule has 14 heteroatoms. The van der Waals surface area contributed by atoms with Crippen molar-refractivity contribution in [1.29, 1.82) is 0 Å². The van der Waals surface area contributed by atoms with Gasteiger partial charge in [0.2, 0.25) is 16.8 Å². The average Bonchev–Trinajstić information content (AvgIpc) is 3.58. The molecule has 3 N–H and O–H groups in total. The first-order chi connectivity index (χ1) is 17.3. The lowest BCUT2D eigenvalue weighted by molar-refractivity contribution is 0.174. The zero-order chi connectivity index (χ0) is 25.3. The summed E-state index contributed by atoms with van der Waals surface area (Å²) < 4.78 is 40.5. The highest BCUT2D eigenvalue weighted by Gasteiger charge is 2.22. The normalized spacial score (nSPS) is 13.2. The summed E-state index contributed by atoms with van der Waals surface area (Å²) in [6.07, 6.45) is 3.35. The number of nitrogens with two attached hydrogens (primary N) is 1. The minimum Gasteiger partial charge on any atom is -0.581 e. The molecule has 36 heavy (non-hydrogen) atoms. The van der Waals surface area contributed by atoms with E-state index in [1.165, 1.54) is 18.1 Å². The van der Waals surface area contributed by atoms with E-state index in [0.717, 1.165) is 10.5 Å². The minimum absolute atomic E-state index is 0.0254. The van der Waals surface area contributed by atoms with Crippen molar-refractivity contribution in [2.75, 3.05) is 24.8 Å². The van der Waals surface area contributed by atoms with Crippen molar-refractivity contribution in [3.63, 3.8) is 0 Å².